The summed E-state index contributed by atoms with van der Waals surface area (Å²) in [5, 5.41) is 1.02. The van der Waals surface area contributed by atoms with Crippen LogP contribution < -0.4 is 0 Å². The third-order valence-corrected chi connectivity index (χ3v) is 4.14. The van der Waals surface area contributed by atoms with Gasteiger partial charge in [-0.2, -0.15) is 0 Å². The Labute approximate surface area is 113 Å². The zero-order chi connectivity index (χ0) is 13.0. The molecule has 2 aromatic rings. The predicted molar refractivity (Wildman–Crippen MR) is 80.4 cm³/mol. The molecule has 18 heavy (non-hydrogen) atoms. The van der Waals surface area contributed by atoms with Gasteiger partial charge in [-0.05, 0) is 12.1 Å². The maximum atomic E-state index is 5.54. The van der Waals surface area contributed by atoms with Crippen LogP contribution in [0.3, 0.4) is 0 Å². The quantitative estimate of drug-likeness (QED) is 0.484. The summed E-state index contributed by atoms with van der Waals surface area (Å²) >= 11 is 1.69. The van der Waals surface area contributed by atoms with E-state index in [1.165, 1.54) is 4.70 Å². The van der Waals surface area contributed by atoms with Crippen molar-refractivity contribution in [2.45, 2.75) is 26.2 Å². The zero-order valence-electron chi connectivity index (χ0n) is 11.0. The van der Waals surface area contributed by atoms with Crippen molar-refractivity contribution in [3.8, 4) is 11.5 Å². The average molecular weight is 275 g/mol. The van der Waals surface area contributed by atoms with Gasteiger partial charge >= 0.3 is 0 Å². The monoisotopic (exact) mass is 275 g/mol. The molecule has 0 bridgehead atoms. The van der Waals surface area contributed by atoms with Crippen LogP contribution in [0.15, 0.2) is 24.3 Å². The van der Waals surface area contributed by atoms with E-state index in [1.54, 1.807) is 11.3 Å². The molecule has 0 aliphatic carbocycles. The van der Waals surface area contributed by atoms with Crippen molar-refractivity contribution in [1.82, 2.24) is 4.98 Å². The molecule has 4 heteroatoms. The Balaban J connectivity index is 1.88. The van der Waals surface area contributed by atoms with Crippen LogP contribution in [0.25, 0.3) is 10.2 Å². The van der Waals surface area contributed by atoms with E-state index in [1.807, 2.05) is 18.2 Å². The number of nitrogens with zero attached hydrogens (tertiary/aromatic N) is 1. The van der Waals surface area contributed by atoms with Crippen LogP contribution >= 0.6 is 11.3 Å². The summed E-state index contributed by atoms with van der Waals surface area (Å²) in [7, 11) is -1.27. The first-order valence-electron chi connectivity index (χ1n) is 5.97. The number of aromatic nitrogens is 1. The number of benzene rings is 1. The van der Waals surface area contributed by atoms with Gasteiger partial charge in [0.2, 0.25) is 0 Å². The summed E-state index contributed by atoms with van der Waals surface area (Å²) < 4.78 is 6.75. The van der Waals surface area contributed by atoms with E-state index in [0.717, 1.165) is 10.5 Å². The highest BCUT2D eigenvalue weighted by atomic mass is 32.1. The topological polar surface area (TPSA) is 22.1 Å². The third-order valence-electron chi connectivity index (χ3n) is 2.20. The first-order chi connectivity index (χ1) is 8.54. The predicted octanol–water partition coefficient (Wildman–Crippen LogP) is 3.69. The lowest BCUT2D eigenvalue weighted by Gasteiger charge is -2.03. The number of thiazole rings is 1. The maximum Gasteiger partial charge on any atom is 0.129 e. The molecule has 1 aromatic carbocycles. The van der Waals surface area contributed by atoms with Crippen LogP contribution in [0.2, 0.25) is 19.6 Å². The summed E-state index contributed by atoms with van der Waals surface area (Å²) in [5.74, 6) is 3.10. The van der Waals surface area contributed by atoms with Crippen LogP contribution in [0.1, 0.15) is 5.01 Å². The third kappa shape index (κ3) is 3.95. The maximum absolute atomic E-state index is 5.54. The molecule has 0 radical (unpaired) electrons. The lowest BCUT2D eigenvalue weighted by Crippen LogP contribution is -2.16. The molecule has 1 aromatic heterocycles. The van der Waals surface area contributed by atoms with Gasteiger partial charge in [0.15, 0.2) is 0 Å². The molecule has 0 fully saturated rings. The number of hydrogen-bond donors (Lipinski definition) is 0. The molecule has 1 heterocycles. The molecule has 0 aliphatic heterocycles. The minimum Gasteiger partial charge on any atom is -0.362 e. The van der Waals surface area contributed by atoms with E-state index in [4.69, 9.17) is 4.74 Å². The van der Waals surface area contributed by atoms with Crippen molar-refractivity contribution < 1.29 is 4.74 Å². The molecular formula is C14H17NOSSi. The van der Waals surface area contributed by atoms with Gasteiger partial charge in [0.25, 0.3) is 0 Å². The van der Waals surface area contributed by atoms with Crippen molar-refractivity contribution in [2.24, 2.45) is 0 Å². The Kier molecular flexibility index (Phi) is 4.18. The first-order valence-corrected chi connectivity index (χ1v) is 10.3. The molecule has 0 atom stereocenters. The number of fused-ring (bicyclic) bond motifs is 1. The van der Waals surface area contributed by atoms with Gasteiger partial charge in [0, 0.05) is 0 Å². The fourth-order valence-corrected chi connectivity index (χ4v) is 2.98. The van der Waals surface area contributed by atoms with Crippen molar-refractivity contribution in [3.05, 3.63) is 29.3 Å². The Bertz CT molecular complexity index is 556. The van der Waals surface area contributed by atoms with Crippen LogP contribution in [-0.4, -0.2) is 19.7 Å². The number of para-hydroxylation sites is 1. The molecule has 94 valence electrons. The van der Waals surface area contributed by atoms with E-state index in [9.17, 15) is 0 Å². The minimum atomic E-state index is -1.27. The highest BCUT2D eigenvalue weighted by molar-refractivity contribution is 7.18. The molecule has 0 unspecified atom stereocenters. The Morgan fingerprint density at radius 3 is 2.78 bits per heavy atom. The Hall–Kier alpha value is -1.15. The molecule has 0 aliphatic rings. The van der Waals surface area contributed by atoms with E-state index in [0.29, 0.717) is 13.2 Å². The van der Waals surface area contributed by atoms with Crippen LogP contribution in [0.5, 0.6) is 0 Å². The smallest absolute Gasteiger partial charge is 0.129 e. The molecule has 2 nitrogen and oxygen atoms in total. The average Bonchev–Trinajstić information content (AvgIpc) is 2.69. The van der Waals surface area contributed by atoms with Gasteiger partial charge in [0.05, 0.1) is 16.8 Å². The van der Waals surface area contributed by atoms with Gasteiger partial charge in [-0.25, -0.2) is 4.98 Å². The van der Waals surface area contributed by atoms with Gasteiger partial charge in [-0.1, -0.05) is 37.7 Å². The largest absolute Gasteiger partial charge is 0.362 e. The van der Waals surface area contributed by atoms with Crippen LogP contribution in [-0.2, 0) is 11.3 Å². The van der Waals surface area contributed by atoms with E-state index >= 15 is 0 Å². The summed E-state index contributed by atoms with van der Waals surface area (Å²) in [6.07, 6.45) is 0. The van der Waals surface area contributed by atoms with Crippen molar-refractivity contribution >= 4 is 29.6 Å². The lowest BCUT2D eigenvalue weighted by atomic mass is 10.3. The van der Waals surface area contributed by atoms with Crippen molar-refractivity contribution in [3.63, 3.8) is 0 Å². The summed E-state index contributed by atoms with van der Waals surface area (Å²) in [6, 6.07) is 8.15. The molecule has 0 saturated carbocycles. The van der Waals surface area contributed by atoms with Crippen molar-refractivity contribution in [2.75, 3.05) is 6.61 Å². The fraction of sp³-hybridized carbons (Fsp3) is 0.357. The molecule has 0 spiro atoms. The number of rotatable bonds is 3. The van der Waals surface area contributed by atoms with Crippen molar-refractivity contribution in [1.29, 1.82) is 0 Å². The summed E-state index contributed by atoms with van der Waals surface area (Å²) in [5.41, 5.74) is 4.33. The highest BCUT2D eigenvalue weighted by Crippen LogP contribution is 2.21. The van der Waals surface area contributed by atoms with E-state index < -0.39 is 8.07 Å². The second-order valence-electron chi connectivity index (χ2n) is 5.12. The molecule has 0 saturated heterocycles. The van der Waals surface area contributed by atoms with E-state index in [-0.39, 0.29) is 0 Å². The Morgan fingerprint density at radius 2 is 2.06 bits per heavy atom. The van der Waals surface area contributed by atoms with Gasteiger partial charge in [-0.15, -0.1) is 16.9 Å². The van der Waals surface area contributed by atoms with Crippen LogP contribution in [0.4, 0.5) is 0 Å². The normalized spacial score (nSPS) is 11.3. The van der Waals surface area contributed by atoms with Gasteiger partial charge in [-0.3, -0.25) is 0 Å². The molecule has 0 amide bonds. The lowest BCUT2D eigenvalue weighted by molar-refractivity contribution is 0.153. The summed E-state index contributed by atoms with van der Waals surface area (Å²) in [6.45, 7) is 7.74. The van der Waals surface area contributed by atoms with Gasteiger partial charge < -0.3 is 4.74 Å². The van der Waals surface area contributed by atoms with E-state index in [2.05, 4.69) is 42.2 Å². The van der Waals surface area contributed by atoms with Gasteiger partial charge in [0.1, 0.15) is 19.7 Å². The summed E-state index contributed by atoms with van der Waals surface area (Å²) in [4.78, 5) is 4.51. The van der Waals surface area contributed by atoms with Crippen LogP contribution in [0, 0.1) is 11.5 Å². The standard InChI is InChI=1S/C14H17NOSSi/c1-18(2,3)10-6-9-16-11-14-15-12-7-4-5-8-13(12)17-14/h4-5,7-8H,9,11H2,1-3H3. The highest BCUT2D eigenvalue weighted by Gasteiger charge is 2.07. The minimum absolute atomic E-state index is 0.500. The SMILES string of the molecule is C[Si](C)(C)C#CCOCc1nc2ccccc2s1. The number of ether oxygens (including phenoxy) is 1. The fourth-order valence-electron chi connectivity index (χ4n) is 1.47. The second-order valence-corrected chi connectivity index (χ2v) is 11.0. The second kappa shape index (κ2) is 5.66. The molecular weight excluding hydrogens is 258 g/mol. The Morgan fingerprint density at radius 1 is 1.28 bits per heavy atom. The molecule has 2 rings (SSSR count). The zero-order valence-corrected chi connectivity index (χ0v) is 12.8. The molecule has 0 N–H and O–H groups in total. The first kappa shape index (κ1) is 13.3. The number of hydrogen-bond acceptors (Lipinski definition) is 3.